The van der Waals surface area contributed by atoms with Crippen molar-refractivity contribution >= 4 is 12.3 Å². The molecule has 0 aromatic rings. The maximum absolute atomic E-state index is 11.1. The van der Waals surface area contributed by atoms with Gasteiger partial charge in [0, 0.05) is 25.4 Å². The minimum atomic E-state index is -0.182. The minimum Gasteiger partial charge on any atom is -0.356 e. The van der Waals surface area contributed by atoms with E-state index in [-0.39, 0.29) is 11.9 Å². The summed E-state index contributed by atoms with van der Waals surface area (Å²) in [6.45, 7) is 4.46. The normalized spacial score (nSPS) is 23.6. The highest BCUT2D eigenvalue weighted by molar-refractivity contribution is 5.87. The molecular weight excluding hydrogens is 228 g/mol. The van der Waals surface area contributed by atoms with Crippen LogP contribution in [0, 0.1) is 11.8 Å². The van der Waals surface area contributed by atoms with E-state index in [1.807, 2.05) is 0 Å². The second-order valence-corrected chi connectivity index (χ2v) is 5.45. The lowest BCUT2D eigenvalue weighted by atomic mass is 9.96. The highest BCUT2D eigenvalue weighted by Gasteiger charge is 2.28. The predicted molar refractivity (Wildman–Crippen MR) is 71.7 cm³/mol. The molecule has 18 heavy (non-hydrogen) atoms. The number of nitrogens with one attached hydrogen (secondary N) is 1. The van der Waals surface area contributed by atoms with Crippen molar-refractivity contribution in [3.63, 3.8) is 0 Å². The Morgan fingerprint density at radius 2 is 2.17 bits per heavy atom. The van der Waals surface area contributed by atoms with Crippen molar-refractivity contribution in [2.45, 2.75) is 45.6 Å². The first kappa shape index (κ1) is 14.7. The third-order valence-corrected chi connectivity index (χ3v) is 3.51. The van der Waals surface area contributed by atoms with Crippen molar-refractivity contribution in [3.05, 3.63) is 12.3 Å². The van der Waals surface area contributed by atoms with E-state index in [1.165, 1.54) is 18.9 Å². The minimum absolute atomic E-state index is 0.182. The lowest BCUT2D eigenvalue weighted by Gasteiger charge is -2.21. The van der Waals surface area contributed by atoms with E-state index in [9.17, 15) is 9.59 Å². The quantitative estimate of drug-likeness (QED) is 0.580. The molecule has 0 aromatic carbocycles. The zero-order valence-electron chi connectivity index (χ0n) is 11.6. The van der Waals surface area contributed by atoms with Gasteiger partial charge in [0.05, 0.1) is 0 Å². The first-order chi connectivity index (χ1) is 8.56. The topological polar surface area (TPSA) is 49.4 Å². The molecule has 0 bridgehead atoms. The summed E-state index contributed by atoms with van der Waals surface area (Å²) in [6.07, 6.45) is 8.31. The monoisotopic (exact) mass is 252 g/mol. The van der Waals surface area contributed by atoms with Crippen LogP contribution in [0.4, 0.5) is 0 Å². The maximum atomic E-state index is 11.1. The number of carbonyl (C=O) groups is 2. The number of carbonyl (C=O) groups excluding carboxylic acids is 2. The fraction of sp³-hybridized carbons (Fsp3) is 0.714. The van der Waals surface area contributed by atoms with Gasteiger partial charge in [0.25, 0.3) is 0 Å². The SMILES string of the molecule is CNC(=O)/C=C\N(C=O)C1CCC(CC(C)C)C1. The highest BCUT2D eigenvalue weighted by atomic mass is 16.1. The molecule has 2 amide bonds. The summed E-state index contributed by atoms with van der Waals surface area (Å²) in [5.74, 6) is 1.24. The van der Waals surface area contributed by atoms with Crippen LogP contribution in [-0.4, -0.2) is 30.3 Å². The van der Waals surface area contributed by atoms with Crippen molar-refractivity contribution in [2.24, 2.45) is 11.8 Å². The molecule has 1 rings (SSSR count). The Morgan fingerprint density at radius 1 is 1.44 bits per heavy atom. The molecule has 1 aliphatic carbocycles. The van der Waals surface area contributed by atoms with E-state index in [1.54, 1.807) is 18.1 Å². The average molecular weight is 252 g/mol. The molecule has 1 saturated carbocycles. The van der Waals surface area contributed by atoms with Gasteiger partial charge in [0.1, 0.15) is 0 Å². The Labute approximate surface area is 109 Å². The zero-order valence-corrected chi connectivity index (χ0v) is 11.6. The molecule has 1 aliphatic rings. The summed E-state index contributed by atoms with van der Waals surface area (Å²) in [5, 5.41) is 2.50. The molecule has 0 radical (unpaired) electrons. The van der Waals surface area contributed by atoms with Crippen molar-refractivity contribution < 1.29 is 9.59 Å². The molecule has 0 spiro atoms. The van der Waals surface area contributed by atoms with Crippen LogP contribution in [0.1, 0.15) is 39.5 Å². The average Bonchev–Trinajstić information content (AvgIpc) is 2.77. The summed E-state index contributed by atoms with van der Waals surface area (Å²) >= 11 is 0. The third kappa shape index (κ3) is 4.51. The Bertz CT molecular complexity index is 313. The van der Waals surface area contributed by atoms with E-state index in [0.717, 1.165) is 19.3 Å². The molecule has 0 aromatic heterocycles. The molecule has 0 heterocycles. The number of likely N-dealkylation sites (N-methyl/N-ethyl adjacent to an activating group) is 1. The van der Waals surface area contributed by atoms with Gasteiger partial charge in [-0.3, -0.25) is 9.59 Å². The van der Waals surface area contributed by atoms with Crippen LogP contribution in [0.15, 0.2) is 12.3 Å². The fourth-order valence-corrected chi connectivity index (χ4v) is 2.68. The number of amides is 2. The van der Waals surface area contributed by atoms with Crippen LogP contribution < -0.4 is 5.32 Å². The molecule has 1 N–H and O–H groups in total. The van der Waals surface area contributed by atoms with Crippen LogP contribution in [0.5, 0.6) is 0 Å². The van der Waals surface area contributed by atoms with Gasteiger partial charge in [0.2, 0.25) is 12.3 Å². The van der Waals surface area contributed by atoms with Crippen molar-refractivity contribution in [1.29, 1.82) is 0 Å². The number of nitrogens with zero attached hydrogens (tertiary/aromatic N) is 1. The van der Waals surface area contributed by atoms with Gasteiger partial charge in [-0.1, -0.05) is 13.8 Å². The van der Waals surface area contributed by atoms with Gasteiger partial charge in [-0.2, -0.15) is 0 Å². The van der Waals surface area contributed by atoms with Crippen LogP contribution >= 0.6 is 0 Å². The van der Waals surface area contributed by atoms with Gasteiger partial charge in [0.15, 0.2) is 0 Å². The van der Waals surface area contributed by atoms with Crippen LogP contribution in [-0.2, 0) is 9.59 Å². The number of hydrogen-bond donors (Lipinski definition) is 1. The molecule has 0 aliphatic heterocycles. The van der Waals surface area contributed by atoms with Gasteiger partial charge in [-0.15, -0.1) is 0 Å². The zero-order chi connectivity index (χ0) is 13.5. The van der Waals surface area contributed by atoms with Gasteiger partial charge in [-0.25, -0.2) is 0 Å². The van der Waals surface area contributed by atoms with Gasteiger partial charge < -0.3 is 10.2 Å². The predicted octanol–water partition coefficient (Wildman–Crippen LogP) is 1.92. The molecule has 2 atom stereocenters. The van der Waals surface area contributed by atoms with Crippen LogP contribution in [0.25, 0.3) is 0 Å². The van der Waals surface area contributed by atoms with E-state index < -0.39 is 0 Å². The molecule has 2 unspecified atom stereocenters. The number of rotatable bonds is 6. The molecule has 1 fully saturated rings. The largest absolute Gasteiger partial charge is 0.356 e. The second-order valence-electron chi connectivity index (χ2n) is 5.45. The van der Waals surface area contributed by atoms with E-state index in [4.69, 9.17) is 0 Å². The van der Waals surface area contributed by atoms with Crippen molar-refractivity contribution in [1.82, 2.24) is 10.2 Å². The Kier molecular flexibility index (Phi) is 5.89. The summed E-state index contributed by atoms with van der Waals surface area (Å²) in [5.41, 5.74) is 0. The van der Waals surface area contributed by atoms with E-state index >= 15 is 0 Å². The Balaban J connectivity index is 2.50. The molecule has 0 saturated heterocycles. The van der Waals surface area contributed by atoms with Crippen molar-refractivity contribution in [2.75, 3.05) is 7.05 Å². The second kappa shape index (κ2) is 7.19. The maximum Gasteiger partial charge on any atom is 0.245 e. The van der Waals surface area contributed by atoms with Gasteiger partial charge >= 0.3 is 0 Å². The lowest BCUT2D eigenvalue weighted by molar-refractivity contribution is -0.117. The summed E-state index contributed by atoms with van der Waals surface area (Å²) in [6, 6.07) is 0.257. The van der Waals surface area contributed by atoms with Crippen molar-refractivity contribution in [3.8, 4) is 0 Å². The molecule has 4 heteroatoms. The Morgan fingerprint density at radius 3 is 2.72 bits per heavy atom. The highest BCUT2D eigenvalue weighted by Crippen LogP contribution is 2.33. The first-order valence-electron chi connectivity index (χ1n) is 6.69. The lowest BCUT2D eigenvalue weighted by Crippen LogP contribution is -2.28. The van der Waals surface area contributed by atoms with E-state index in [2.05, 4.69) is 19.2 Å². The molecular formula is C14H24N2O2. The molecule has 102 valence electrons. The van der Waals surface area contributed by atoms with Crippen LogP contribution in [0.2, 0.25) is 0 Å². The summed E-state index contributed by atoms with van der Waals surface area (Å²) < 4.78 is 0. The Hall–Kier alpha value is -1.32. The van der Waals surface area contributed by atoms with E-state index in [0.29, 0.717) is 11.8 Å². The summed E-state index contributed by atoms with van der Waals surface area (Å²) in [4.78, 5) is 23.8. The van der Waals surface area contributed by atoms with Gasteiger partial charge in [-0.05, 0) is 37.5 Å². The number of hydrogen-bond acceptors (Lipinski definition) is 2. The third-order valence-electron chi connectivity index (χ3n) is 3.51. The standard InChI is InChI=1S/C14H24N2O2/c1-11(2)8-12-4-5-13(9-12)16(10-17)7-6-14(18)15-3/h6-7,10-13H,4-5,8-9H2,1-3H3,(H,15,18)/b7-6-. The summed E-state index contributed by atoms with van der Waals surface area (Å²) in [7, 11) is 1.58. The fourth-order valence-electron chi connectivity index (χ4n) is 2.68. The van der Waals surface area contributed by atoms with Crippen LogP contribution in [0.3, 0.4) is 0 Å². The molecule has 4 nitrogen and oxygen atoms in total. The smallest absolute Gasteiger partial charge is 0.245 e. The first-order valence-corrected chi connectivity index (χ1v) is 6.69.